The fourth-order valence-corrected chi connectivity index (χ4v) is 2.80. The summed E-state index contributed by atoms with van der Waals surface area (Å²) in [6, 6.07) is 24.3. The number of aromatic nitrogens is 1. The molecular weight excluding hydrogens is 298 g/mol. The predicted octanol–water partition coefficient (Wildman–Crippen LogP) is 4.94. The van der Waals surface area contributed by atoms with Gasteiger partial charge in [0.25, 0.3) is 0 Å². The number of aryl methyl sites for hydroxylation is 1. The first-order valence-corrected chi connectivity index (χ1v) is 7.86. The average Bonchev–Trinajstić information content (AvgIpc) is 2.93. The summed E-state index contributed by atoms with van der Waals surface area (Å²) in [7, 11) is 0. The summed E-state index contributed by atoms with van der Waals surface area (Å²) < 4.78 is 0. The molecule has 0 fully saturated rings. The molecule has 4 rings (SSSR count). The number of carboxylic acids is 1. The van der Waals surface area contributed by atoms with Gasteiger partial charge >= 0.3 is 5.97 Å². The Balaban J connectivity index is 0.000000144. The Morgan fingerprint density at radius 3 is 2.00 bits per heavy atom. The van der Waals surface area contributed by atoms with Crippen molar-refractivity contribution >= 4 is 27.8 Å². The second-order valence-electron chi connectivity index (χ2n) is 5.78. The van der Waals surface area contributed by atoms with E-state index in [0.717, 1.165) is 11.1 Å². The van der Waals surface area contributed by atoms with E-state index < -0.39 is 5.97 Å². The molecule has 0 spiro atoms. The molecule has 0 radical (unpaired) electrons. The van der Waals surface area contributed by atoms with Crippen LogP contribution in [0.25, 0.3) is 21.8 Å². The molecule has 0 saturated heterocycles. The van der Waals surface area contributed by atoms with Crippen LogP contribution in [0.1, 0.15) is 11.1 Å². The topological polar surface area (TPSA) is 53.1 Å². The Morgan fingerprint density at radius 2 is 1.46 bits per heavy atom. The molecule has 0 aliphatic heterocycles. The van der Waals surface area contributed by atoms with Gasteiger partial charge in [-0.15, -0.1) is 0 Å². The van der Waals surface area contributed by atoms with Crippen LogP contribution in [0.15, 0.2) is 72.8 Å². The van der Waals surface area contributed by atoms with Gasteiger partial charge in [-0.25, -0.2) is 0 Å². The quantitative estimate of drug-likeness (QED) is 0.550. The minimum absolute atomic E-state index is 0.113. The number of carbonyl (C=O) groups is 1. The van der Waals surface area contributed by atoms with E-state index in [-0.39, 0.29) is 6.42 Å². The van der Waals surface area contributed by atoms with E-state index in [0.29, 0.717) is 0 Å². The highest BCUT2D eigenvalue weighted by molar-refractivity contribution is 6.06. The van der Waals surface area contributed by atoms with Gasteiger partial charge in [-0.3, -0.25) is 4.79 Å². The SMILES string of the molecule is Cc1cccc(CC(=O)O)c1.c1ccc2c(c1)[nH]c1ccccc12. The van der Waals surface area contributed by atoms with Crippen LogP contribution in [0.3, 0.4) is 0 Å². The van der Waals surface area contributed by atoms with Crippen LogP contribution in [0.2, 0.25) is 0 Å². The molecule has 0 bridgehead atoms. The van der Waals surface area contributed by atoms with Crippen molar-refractivity contribution in [2.75, 3.05) is 0 Å². The predicted molar refractivity (Wildman–Crippen MR) is 98.3 cm³/mol. The fourth-order valence-electron chi connectivity index (χ4n) is 2.80. The smallest absolute Gasteiger partial charge is 0.307 e. The van der Waals surface area contributed by atoms with E-state index in [9.17, 15) is 4.79 Å². The van der Waals surface area contributed by atoms with Gasteiger partial charge in [-0.1, -0.05) is 66.2 Å². The zero-order valence-corrected chi connectivity index (χ0v) is 13.5. The standard InChI is InChI=1S/C12H9N.C9H10O2/c1-3-7-11-9(5-1)10-6-2-4-8-12(10)13-11;1-7-3-2-4-8(5-7)6-9(10)11/h1-8,13H;2-5H,6H2,1H3,(H,10,11). The van der Waals surface area contributed by atoms with Crippen molar-refractivity contribution in [2.24, 2.45) is 0 Å². The van der Waals surface area contributed by atoms with Crippen LogP contribution in [-0.2, 0) is 11.2 Å². The summed E-state index contributed by atoms with van der Waals surface area (Å²) in [4.78, 5) is 13.7. The third-order valence-electron chi connectivity index (χ3n) is 3.85. The van der Waals surface area contributed by atoms with Crippen LogP contribution in [0, 0.1) is 6.92 Å². The summed E-state index contributed by atoms with van der Waals surface area (Å²) in [6.45, 7) is 1.95. The van der Waals surface area contributed by atoms with E-state index in [2.05, 4.69) is 53.5 Å². The minimum atomic E-state index is -0.782. The minimum Gasteiger partial charge on any atom is -0.481 e. The highest BCUT2D eigenvalue weighted by Crippen LogP contribution is 2.24. The van der Waals surface area contributed by atoms with E-state index in [1.54, 1.807) is 0 Å². The maximum Gasteiger partial charge on any atom is 0.307 e. The molecule has 120 valence electrons. The van der Waals surface area contributed by atoms with E-state index >= 15 is 0 Å². The third-order valence-corrected chi connectivity index (χ3v) is 3.85. The molecule has 0 amide bonds. The highest BCUT2D eigenvalue weighted by Gasteiger charge is 2.00. The maximum atomic E-state index is 10.3. The van der Waals surface area contributed by atoms with E-state index in [4.69, 9.17) is 5.11 Å². The number of nitrogens with one attached hydrogen (secondary N) is 1. The number of H-pyrrole nitrogens is 1. The van der Waals surface area contributed by atoms with Crippen molar-refractivity contribution in [3.05, 3.63) is 83.9 Å². The van der Waals surface area contributed by atoms with Crippen LogP contribution >= 0.6 is 0 Å². The zero-order chi connectivity index (χ0) is 16.9. The Bertz CT molecular complexity index is 935. The molecule has 4 aromatic rings. The molecular formula is C21H19NO2. The van der Waals surface area contributed by atoms with Crippen molar-refractivity contribution in [1.82, 2.24) is 4.98 Å². The van der Waals surface area contributed by atoms with Gasteiger partial charge in [0.15, 0.2) is 0 Å². The van der Waals surface area contributed by atoms with Gasteiger partial charge in [0.2, 0.25) is 0 Å². The van der Waals surface area contributed by atoms with Crippen LogP contribution in [0.4, 0.5) is 0 Å². The van der Waals surface area contributed by atoms with Crippen molar-refractivity contribution in [1.29, 1.82) is 0 Å². The Kier molecular flexibility index (Phi) is 4.62. The Morgan fingerprint density at radius 1 is 0.875 bits per heavy atom. The monoisotopic (exact) mass is 317 g/mol. The van der Waals surface area contributed by atoms with Crippen LogP contribution < -0.4 is 0 Å². The number of rotatable bonds is 2. The lowest BCUT2D eigenvalue weighted by Crippen LogP contribution is -1.99. The largest absolute Gasteiger partial charge is 0.481 e. The van der Waals surface area contributed by atoms with Crippen molar-refractivity contribution in [3.8, 4) is 0 Å². The Labute approximate surface area is 140 Å². The molecule has 0 unspecified atom stereocenters. The van der Waals surface area contributed by atoms with Crippen molar-refractivity contribution in [2.45, 2.75) is 13.3 Å². The zero-order valence-electron chi connectivity index (χ0n) is 13.5. The molecule has 0 atom stereocenters. The number of para-hydroxylation sites is 2. The fraction of sp³-hybridized carbons (Fsp3) is 0.0952. The molecule has 2 N–H and O–H groups in total. The molecule has 0 aliphatic rings. The number of aliphatic carboxylic acids is 1. The van der Waals surface area contributed by atoms with E-state index in [1.165, 1.54) is 21.8 Å². The number of fused-ring (bicyclic) bond motifs is 3. The molecule has 3 heteroatoms. The van der Waals surface area contributed by atoms with Crippen molar-refractivity contribution in [3.63, 3.8) is 0 Å². The summed E-state index contributed by atoms with van der Waals surface area (Å²) >= 11 is 0. The molecule has 1 aromatic heterocycles. The van der Waals surface area contributed by atoms with Gasteiger partial charge in [0.05, 0.1) is 6.42 Å². The lowest BCUT2D eigenvalue weighted by molar-refractivity contribution is -0.136. The third kappa shape index (κ3) is 3.63. The van der Waals surface area contributed by atoms with Gasteiger partial charge in [-0.05, 0) is 24.6 Å². The van der Waals surface area contributed by atoms with E-state index in [1.807, 2.05) is 31.2 Å². The first-order valence-electron chi connectivity index (χ1n) is 7.86. The second kappa shape index (κ2) is 7.01. The number of hydrogen-bond donors (Lipinski definition) is 2. The molecule has 3 aromatic carbocycles. The average molecular weight is 317 g/mol. The van der Waals surface area contributed by atoms with Crippen LogP contribution in [0.5, 0.6) is 0 Å². The van der Waals surface area contributed by atoms with Gasteiger partial charge in [0, 0.05) is 21.8 Å². The first-order chi connectivity index (χ1) is 11.6. The van der Waals surface area contributed by atoms with Gasteiger partial charge in [-0.2, -0.15) is 0 Å². The Hall–Kier alpha value is -3.07. The lowest BCUT2D eigenvalue weighted by Gasteiger charge is -1.96. The molecule has 0 aliphatic carbocycles. The number of hydrogen-bond acceptors (Lipinski definition) is 1. The maximum absolute atomic E-state index is 10.3. The lowest BCUT2D eigenvalue weighted by atomic mass is 10.1. The number of carboxylic acid groups (broad SMARTS) is 1. The van der Waals surface area contributed by atoms with Gasteiger partial charge in [0.1, 0.15) is 0 Å². The summed E-state index contributed by atoms with van der Waals surface area (Å²) in [5, 5.41) is 11.1. The highest BCUT2D eigenvalue weighted by atomic mass is 16.4. The molecule has 1 heterocycles. The normalized spacial score (nSPS) is 10.4. The first kappa shape index (κ1) is 15.8. The molecule has 3 nitrogen and oxygen atoms in total. The van der Waals surface area contributed by atoms with Gasteiger partial charge < -0.3 is 10.1 Å². The van der Waals surface area contributed by atoms with Crippen LogP contribution in [-0.4, -0.2) is 16.1 Å². The second-order valence-corrected chi connectivity index (χ2v) is 5.78. The summed E-state index contributed by atoms with van der Waals surface area (Å²) in [6.07, 6.45) is 0.113. The number of benzene rings is 3. The number of aromatic amines is 1. The summed E-state index contributed by atoms with van der Waals surface area (Å²) in [5.41, 5.74) is 4.38. The molecule has 24 heavy (non-hydrogen) atoms. The van der Waals surface area contributed by atoms with Crippen molar-refractivity contribution < 1.29 is 9.90 Å². The summed E-state index contributed by atoms with van der Waals surface area (Å²) in [5.74, 6) is -0.782. The molecule has 0 saturated carbocycles.